The van der Waals surface area contributed by atoms with Gasteiger partial charge in [-0.1, -0.05) is 6.92 Å². The van der Waals surface area contributed by atoms with E-state index in [0.29, 0.717) is 6.54 Å². The van der Waals surface area contributed by atoms with Gasteiger partial charge in [0, 0.05) is 19.5 Å². The highest BCUT2D eigenvalue weighted by Crippen LogP contribution is 1.79. The Morgan fingerprint density at radius 1 is 1.38 bits per heavy atom. The Hall–Kier alpha value is -0.660. The second-order valence-corrected chi connectivity index (χ2v) is 3.92. The molecule has 0 unspecified atom stereocenters. The van der Waals surface area contributed by atoms with E-state index < -0.39 is 10.2 Å². The molecule has 0 fully saturated rings. The fraction of sp³-hybridized carbons (Fsp3) is 0.833. The van der Waals surface area contributed by atoms with Gasteiger partial charge in [-0.2, -0.15) is 8.42 Å². The molecule has 0 radical (unpaired) electrons. The first-order chi connectivity index (χ1) is 5.95. The predicted molar refractivity (Wildman–Crippen MR) is 49.0 cm³/mol. The third-order valence-corrected chi connectivity index (χ3v) is 1.83. The lowest BCUT2D eigenvalue weighted by Gasteiger charge is -2.03. The SMILES string of the molecule is CCCNC(=O)CCNS(N)(=O)=O. The molecule has 0 aromatic heterocycles. The monoisotopic (exact) mass is 209 g/mol. The summed E-state index contributed by atoms with van der Waals surface area (Å²) in [7, 11) is -3.67. The van der Waals surface area contributed by atoms with Crippen LogP contribution in [0.2, 0.25) is 0 Å². The zero-order chi connectivity index (χ0) is 10.3. The van der Waals surface area contributed by atoms with Crippen LogP contribution in [0.1, 0.15) is 19.8 Å². The molecule has 6 nitrogen and oxygen atoms in total. The zero-order valence-corrected chi connectivity index (χ0v) is 8.36. The first kappa shape index (κ1) is 12.3. The highest BCUT2D eigenvalue weighted by Gasteiger charge is 2.03. The Morgan fingerprint density at radius 2 is 2.00 bits per heavy atom. The first-order valence-electron chi connectivity index (χ1n) is 4.00. The van der Waals surface area contributed by atoms with Gasteiger partial charge in [0.2, 0.25) is 5.91 Å². The summed E-state index contributed by atoms with van der Waals surface area (Å²) in [6, 6.07) is 0. The Balaban J connectivity index is 3.49. The van der Waals surface area contributed by atoms with Crippen molar-refractivity contribution < 1.29 is 13.2 Å². The summed E-state index contributed by atoms with van der Waals surface area (Å²) in [6.07, 6.45) is 0.963. The van der Waals surface area contributed by atoms with E-state index >= 15 is 0 Å². The second kappa shape index (κ2) is 5.90. The number of amides is 1. The second-order valence-electron chi connectivity index (χ2n) is 2.54. The number of nitrogens with two attached hydrogens (primary N) is 1. The van der Waals surface area contributed by atoms with E-state index in [1.54, 1.807) is 0 Å². The molecule has 1 amide bonds. The molecule has 0 bridgehead atoms. The fourth-order valence-corrected chi connectivity index (χ4v) is 1.05. The van der Waals surface area contributed by atoms with E-state index in [1.807, 2.05) is 11.6 Å². The third-order valence-electron chi connectivity index (χ3n) is 1.23. The Labute approximate surface area is 78.1 Å². The average Bonchev–Trinajstić information content (AvgIpc) is 1.98. The lowest BCUT2D eigenvalue weighted by atomic mass is 10.4. The van der Waals surface area contributed by atoms with Crippen LogP contribution in [-0.4, -0.2) is 27.4 Å². The molecule has 0 rings (SSSR count). The minimum atomic E-state index is -3.67. The van der Waals surface area contributed by atoms with Crippen molar-refractivity contribution in [1.82, 2.24) is 10.0 Å². The van der Waals surface area contributed by atoms with Crippen molar-refractivity contribution >= 4 is 16.1 Å². The van der Waals surface area contributed by atoms with Crippen LogP contribution in [0.25, 0.3) is 0 Å². The van der Waals surface area contributed by atoms with Crippen LogP contribution in [0.3, 0.4) is 0 Å². The van der Waals surface area contributed by atoms with Gasteiger partial charge in [0.15, 0.2) is 0 Å². The topological polar surface area (TPSA) is 101 Å². The van der Waals surface area contributed by atoms with Crippen molar-refractivity contribution in [3.8, 4) is 0 Å². The van der Waals surface area contributed by atoms with Crippen LogP contribution in [0.5, 0.6) is 0 Å². The van der Waals surface area contributed by atoms with Gasteiger partial charge < -0.3 is 5.32 Å². The predicted octanol–water partition coefficient (Wildman–Crippen LogP) is -1.30. The standard InChI is InChI=1S/C6H15N3O3S/c1-2-4-8-6(10)3-5-9-13(7,11)12/h9H,2-5H2,1H3,(H,8,10)(H2,7,11,12). The summed E-state index contributed by atoms with van der Waals surface area (Å²) in [5, 5.41) is 7.26. The van der Waals surface area contributed by atoms with Crippen molar-refractivity contribution in [2.45, 2.75) is 19.8 Å². The largest absolute Gasteiger partial charge is 0.356 e. The van der Waals surface area contributed by atoms with Gasteiger partial charge in [-0.3, -0.25) is 4.79 Å². The van der Waals surface area contributed by atoms with Crippen molar-refractivity contribution in [3.63, 3.8) is 0 Å². The molecule has 7 heteroatoms. The molecule has 0 aromatic carbocycles. The van der Waals surface area contributed by atoms with Crippen molar-refractivity contribution in [2.24, 2.45) is 5.14 Å². The van der Waals surface area contributed by atoms with Gasteiger partial charge in [-0.05, 0) is 6.42 Å². The van der Waals surface area contributed by atoms with Crippen LogP contribution in [0.15, 0.2) is 0 Å². The van der Waals surface area contributed by atoms with Crippen molar-refractivity contribution in [2.75, 3.05) is 13.1 Å². The van der Waals surface area contributed by atoms with E-state index in [9.17, 15) is 13.2 Å². The molecule has 0 heterocycles. The van der Waals surface area contributed by atoms with E-state index in [1.165, 1.54) is 0 Å². The molecule has 4 N–H and O–H groups in total. The number of carbonyl (C=O) groups is 1. The number of rotatable bonds is 6. The van der Waals surface area contributed by atoms with Crippen LogP contribution in [-0.2, 0) is 15.0 Å². The molecular weight excluding hydrogens is 194 g/mol. The molecule has 0 aliphatic heterocycles. The van der Waals surface area contributed by atoms with Crippen LogP contribution < -0.4 is 15.2 Å². The fourth-order valence-electron chi connectivity index (χ4n) is 0.660. The molecule has 0 saturated heterocycles. The van der Waals surface area contributed by atoms with Gasteiger partial charge in [0.1, 0.15) is 0 Å². The Bertz CT molecular complexity index is 250. The summed E-state index contributed by atoms with van der Waals surface area (Å²) in [6.45, 7) is 2.57. The zero-order valence-electron chi connectivity index (χ0n) is 7.54. The van der Waals surface area contributed by atoms with Crippen LogP contribution in [0.4, 0.5) is 0 Å². The Kier molecular flexibility index (Phi) is 5.60. The van der Waals surface area contributed by atoms with Gasteiger partial charge in [0.05, 0.1) is 0 Å². The summed E-state index contributed by atoms with van der Waals surface area (Å²) in [4.78, 5) is 10.9. The quantitative estimate of drug-likeness (QED) is 0.506. The molecular formula is C6H15N3O3S. The average molecular weight is 209 g/mol. The van der Waals surface area contributed by atoms with Crippen LogP contribution in [0, 0.1) is 0 Å². The summed E-state index contributed by atoms with van der Waals surface area (Å²) in [5.41, 5.74) is 0. The minimum absolute atomic E-state index is 0.0361. The molecule has 0 aromatic rings. The van der Waals surface area contributed by atoms with E-state index in [0.717, 1.165) is 6.42 Å². The van der Waals surface area contributed by atoms with Crippen molar-refractivity contribution in [3.05, 3.63) is 0 Å². The maximum atomic E-state index is 10.9. The lowest BCUT2D eigenvalue weighted by molar-refractivity contribution is -0.120. The molecule has 0 aliphatic rings. The van der Waals surface area contributed by atoms with E-state index in [2.05, 4.69) is 10.5 Å². The highest BCUT2D eigenvalue weighted by molar-refractivity contribution is 7.87. The molecule has 0 aliphatic carbocycles. The normalized spacial score (nSPS) is 11.2. The summed E-state index contributed by atoms with van der Waals surface area (Å²) >= 11 is 0. The maximum Gasteiger partial charge on any atom is 0.274 e. The van der Waals surface area contributed by atoms with Gasteiger partial charge in [-0.15, -0.1) is 0 Å². The number of hydrogen-bond acceptors (Lipinski definition) is 3. The van der Waals surface area contributed by atoms with E-state index in [-0.39, 0.29) is 18.9 Å². The smallest absolute Gasteiger partial charge is 0.274 e. The third kappa shape index (κ3) is 9.25. The highest BCUT2D eigenvalue weighted by atomic mass is 32.2. The molecule has 0 saturated carbocycles. The maximum absolute atomic E-state index is 10.9. The van der Waals surface area contributed by atoms with Gasteiger partial charge >= 0.3 is 0 Å². The first-order valence-corrected chi connectivity index (χ1v) is 5.54. The summed E-state index contributed by atoms with van der Waals surface area (Å²) in [5.74, 6) is -0.182. The molecule has 0 atom stereocenters. The number of hydrogen-bond donors (Lipinski definition) is 3. The van der Waals surface area contributed by atoms with Gasteiger partial charge in [0.25, 0.3) is 10.2 Å². The van der Waals surface area contributed by atoms with Crippen LogP contribution >= 0.6 is 0 Å². The Morgan fingerprint density at radius 3 is 2.46 bits per heavy atom. The minimum Gasteiger partial charge on any atom is -0.356 e. The van der Waals surface area contributed by atoms with E-state index in [4.69, 9.17) is 0 Å². The molecule has 13 heavy (non-hydrogen) atoms. The molecule has 0 spiro atoms. The number of nitrogens with one attached hydrogen (secondary N) is 2. The number of carbonyl (C=O) groups excluding carboxylic acids is 1. The molecule has 78 valence electrons. The van der Waals surface area contributed by atoms with Gasteiger partial charge in [-0.25, -0.2) is 9.86 Å². The summed E-state index contributed by atoms with van der Waals surface area (Å²) < 4.78 is 22.7. The lowest BCUT2D eigenvalue weighted by Crippen LogP contribution is -2.34. The van der Waals surface area contributed by atoms with Crippen molar-refractivity contribution in [1.29, 1.82) is 0 Å².